The van der Waals surface area contributed by atoms with E-state index in [9.17, 15) is 9.59 Å². The zero-order chi connectivity index (χ0) is 14.1. The van der Waals surface area contributed by atoms with Gasteiger partial charge in [-0.25, -0.2) is 0 Å². The van der Waals surface area contributed by atoms with Gasteiger partial charge in [-0.1, -0.05) is 12.5 Å². The zero-order valence-electron chi connectivity index (χ0n) is 11.5. The number of hydrogen-bond donors (Lipinski definition) is 2. The summed E-state index contributed by atoms with van der Waals surface area (Å²) in [6, 6.07) is 7.72. The second kappa shape index (κ2) is 5.12. The molecule has 0 atom stereocenters. The number of aryl methyl sites for hydroxylation is 1. The molecule has 0 spiro atoms. The Morgan fingerprint density at radius 3 is 2.85 bits per heavy atom. The van der Waals surface area contributed by atoms with Gasteiger partial charge in [-0.2, -0.15) is 0 Å². The maximum Gasteiger partial charge on any atom is 0.251 e. The third-order valence-electron chi connectivity index (χ3n) is 4.04. The molecule has 4 nitrogen and oxygen atoms in total. The van der Waals surface area contributed by atoms with Crippen molar-refractivity contribution in [2.75, 3.05) is 0 Å². The third-order valence-corrected chi connectivity index (χ3v) is 4.04. The van der Waals surface area contributed by atoms with Crippen LogP contribution in [-0.4, -0.2) is 10.9 Å². The molecule has 1 saturated carbocycles. The zero-order valence-corrected chi connectivity index (χ0v) is 11.5. The number of H-pyrrole nitrogens is 1. The summed E-state index contributed by atoms with van der Waals surface area (Å²) in [5.74, 6) is 0.378. The molecule has 1 fully saturated rings. The summed E-state index contributed by atoms with van der Waals surface area (Å²) in [7, 11) is 0. The lowest BCUT2D eigenvalue weighted by atomic mass is 9.85. The van der Waals surface area contributed by atoms with E-state index in [2.05, 4.69) is 10.3 Å². The second-order valence-corrected chi connectivity index (χ2v) is 5.55. The van der Waals surface area contributed by atoms with Gasteiger partial charge in [0.25, 0.3) is 5.56 Å². The highest BCUT2D eigenvalue weighted by Crippen LogP contribution is 2.26. The maximum atomic E-state index is 11.8. The van der Waals surface area contributed by atoms with Gasteiger partial charge in [0.05, 0.1) is 0 Å². The van der Waals surface area contributed by atoms with Crippen molar-refractivity contribution in [3.8, 4) is 0 Å². The van der Waals surface area contributed by atoms with Crippen LogP contribution >= 0.6 is 0 Å². The number of rotatable bonds is 3. The molecule has 0 aliphatic heterocycles. The van der Waals surface area contributed by atoms with Crippen molar-refractivity contribution in [1.29, 1.82) is 0 Å². The molecule has 3 rings (SSSR count). The van der Waals surface area contributed by atoms with Crippen LogP contribution in [-0.2, 0) is 11.3 Å². The Kier molecular flexibility index (Phi) is 3.30. The van der Waals surface area contributed by atoms with Crippen molar-refractivity contribution in [2.24, 2.45) is 5.92 Å². The average molecular weight is 270 g/mol. The Labute approximate surface area is 117 Å². The minimum absolute atomic E-state index is 0.0523. The molecule has 1 heterocycles. The standard InChI is InChI=1S/C16H18N2O2/c1-10-7-13-8-11(5-6-14(13)18-15(10)19)9-17-16(20)12-3-2-4-12/h5-8,12H,2-4,9H2,1H3,(H,17,20)(H,18,19). The van der Waals surface area contributed by atoms with Crippen LogP contribution in [0, 0.1) is 12.8 Å². The summed E-state index contributed by atoms with van der Waals surface area (Å²) in [5.41, 5.74) is 2.53. The van der Waals surface area contributed by atoms with Crippen molar-refractivity contribution >= 4 is 16.8 Å². The first kappa shape index (κ1) is 12.9. The van der Waals surface area contributed by atoms with Crippen LogP contribution in [0.15, 0.2) is 29.1 Å². The highest BCUT2D eigenvalue weighted by atomic mass is 16.2. The summed E-state index contributed by atoms with van der Waals surface area (Å²) >= 11 is 0. The van der Waals surface area contributed by atoms with E-state index in [1.54, 1.807) is 6.92 Å². The van der Waals surface area contributed by atoms with Crippen LogP contribution < -0.4 is 10.9 Å². The molecule has 0 unspecified atom stereocenters. The molecular formula is C16H18N2O2. The summed E-state index contributed by atoms with van der Waals surface area (Å²) in [6.07, 6.45) is 3.20. The minimum Gasteiger partial charge on any atom is -0.352 e. The van der Waals surface area contributed by atoms with Gasteiger partial charge in [-0.05, 0) is 48.9 Å². The molecule has 0 bridgehead atoms. The average Bonchev–Trinajstić information content (AvgIpc) is 2.36. The number of nitrogens with one attached hydrogen (secondary N) is 2. The molecule has 0 radical (unpaired) electrons. The number of aromatic amines is 1. The van der Waals surface area contributed by atoms with Crippen LogP contribution in [0.3, 0.4) is 0 Å². The van der Waals surface area contributed by atoms with Crippen LogP contribution in [0.1, 0.15) is 30.4 Å². The topological polar surface area (TPSA) is 62.0 Å². The van der Waals surface area contributed by atoms with Crippen LogP contribution in [0.25, 0.3) is 10.9 Å². The molecule has 2 N–H and O–H groups in total. The fourth-order valence-corrected chi connectivity index (χ4v) is 2.48. The number of carbonyl (C=O) groups excluding carboxylic acids is 1. The van der Waals surface area contributed by atoms with E-state index >= 15 is 0 Å². The number of pyridine rings is 1. The molecule has 1 aromatic heterocycles. The number of hydrogen-bond acceptors (Lipinski definition) is 2. The SMILES string of the molecule is Cc1cc2cc(CNC(=O)C3CCC3)ccc2[nH]c1=O. The Hall–Kier alpha value is -2.10. The summed E-state index contributed by atoms with van der Waals surface area (Å²) in [5, 5.41) is 3.98. The summed E-state index contributed by atoms with van der Waals surface area (Å²) < 4.78 is 0. The highest BCUT2D eigenvalue weighted by molar-refractivity contribution is 5.81. The van der Waals surface area contributed by atoms with Gasteiger partial charge in [-0.15, -0.1) is 0 Å². The van der Waals surface area contributed by atoms with E-state index < -0.39 is 0 Å². The maximum absolute atomic E-state index is 11.8. The van der Waals surface area contributed by atoms with E-state index in [-0.39, 0.29) is 17.4 Å². The first-order valence-electron chi connectivity index (χ1n) is 7.04. The Morgan fingerprint density at radius 2 is 2.15 bits per heavy atom. The van der Waals surface area contributed by atoms with E-state index in [4.69, 9.17) is 0 Å². The van der Waals surface area contributed by atoms with Crippen molar-refractivity contribution in [3.63, 3.8) is 0 Å². The predicted molar refractivity (Wildman–Crippen MR) is 78.5 cm³/mol. The van der Waals surface area contributed by atoms with Gasteiger partial charge in [0, 0.05) is 23.5 Å². The van der Waals surface area contributed by atoms with E-state index in [0.717, 1.165) is 29.3 Å². The normalized spacial score (nSPS) is 15.1. The highest BCUT2D eigenvalue weighted by Gasteiger charge is 2.24. The van der Waals surface area contributed by atoms with Gasteiger partial charge in [-0.3, -0.25) is 9.59 Å². The molecule has 1 aromatic carbocycles. The minimum atomic E-state index is -0.0523. The van der Waals surface area contributed by atoms with E-state index in [1.807, 2.05) is 24.3 Å². The first-order chi connectivity index (χ1) is 9.63. The van der Waals surface area contributed by atoms with Crippen LogP contribution in [0.4, 0.5) is 0 Å². The summed E-state index contributed by atoms with van der Waals surface area (Å²) in [6.45, 7) is 2.34. The summed E-state index contributed by atoms with van der Waals surface area (Å²) in [4.78, 5) is 26.2. The quantitative estimate of drug-likeness (QED) is 0.898. The lowest BCUT2D eigenvalue weighted by molar-refractivity contribution is -0.127. The van der Waals surface area contributed by atoms with Crippen molar-refractivity contribution in [3.05, 3.63) is 45.7 Å². The third kappa shape index (κ3) is 2.46. The molecule has 20 heavy (non-hydrogen) atoms. The van der Waals surface area contributed by atoms with Crippen molar-refractivity contribution in [1.82, 2.24) is 10.3 Å². The molecule has 1 aliphatic carbocycles. The number of benzene rings is 1. The molecule has 104 valence electrons. The van der Waals surface area contributed by atoms with Crippen LogP contribution in [0.5, 0.6) is 0 Å². The number of amides is 1. The number of fused-ring (bicyclic) bond motifs is 1. The van der Waals surface area contributed by atoms with E-state index in [1.165, 1.54) is 6.42 Å². The predicted octanol–water partition coefficient (Wildman–Crippen LogP) is 2.25. The molecule has 4 heteroatoms. The van der Waals surface area contributed by atoms with Crippen LogP contribution in [0.2, 0.25) is 0 Å². The second-order valence-electron chi connectivity index (χ2n) is 5.55. The Bertz CT molecular complexity index is 714. The Morgan fingerprint density at radius 1 is 1.35 bits per heavy atom. The number of aromatic nitrogens is 1. The molecule has 1 amide bonds. The van der Waals surface area contributed by atoms with Crippen molar-refractivity contribution in [2.45, 2.75) is 32.7 Å². The number of carbonyl (C=O) groups is 1. The fraction of sp³-hybridized carbons (Fsp3) is 0.375. The lowest BCUT2D eigenvalue weighted by Gasteiger charge is -2.24. The van der Waals surface area contributed by atoms with Gasteiger partial charge in [0.1, 0.15) is 0 Å². The lowest BCUT2D eigenvalue weighted by Crippen LogP contribution is -2.33. The van der Waals surface area contributed by atoms with Gasteiger partial charge >= 0.3 is 0 Å². The molecule has 0 saturated heterocycles. The molecule has 2 aromatic rings. The van der Waals surface area contributed by atoms with Gasteiger partial charge in [0.2, 0.25) is 5.91 Å². The fourth-order valence-electron chi connectivity index (χ4n) is 2.48. The monoisotopic (exact) mass is 270 g/mol. The van der Waals surface area contributed by atoms with Gasteiger partial charge < -0.3 is 10.3 Å². The Balaban J connectivity index is 1.76. The largest absolute Gasteiger partial charge is 0.352 e. The molecule has 1 aliphatic rings. The van der Waals surface area contributed by atoms with E-state index in [0.29, 0.717) is 12.1 Å². The smallest absolute Gasteiger partial charge is 0.251 e. The van der Waals surface area contributed by atoms with Crippen molar-refractivity contribution < 1.29 is 4.79 Å². The first-order valence-corrected chi connectivity index (χ1v) is 7.04. The molecular weight excluding hydrogens is 252 g/mol. The van der Waals surface area contributed by atoms with Gasteiger partial charge in [0.15, 0.2) is 0 Å².